The molecule has 0 aliphatic carbocycles. The van der Waals surface area contributed by atoms with Gasteiger partial charge in [-0.3, -0.25) is 14.5 Å². The van der Waals surface area contributed by atoms with Crippen molar-refractivity contribution in [1.29, 1.82) is 0 Å². The monoisotopic (exact) mass is 380 g/mol. The quantitative estimate of drug-likeness (QED) is 0.702. The first kappa shape index (κ1) is 16.0. The molecular formula is C16H17BrN2O4. The topological polar surface area (TPSA) is 66.9 Å². The SMILES string of the molecule is CC(C)(C)OC(=O)N1CC(N2C(=O)c3ccc(Br)cc3C2=O)C1. The summed E-state index contributed by atoms with van der Waals surface area (Å²) in [5.74, 6) is -0.605. The van der Waals surface area contributed by atoms with Crippen LogP contribution in [0.3, 0.4) is 0 Å². The fourth-order valence-corrected chi connectivity index (χ4v) is 3.02. The lowest BCUT2D eigenvalue weighted by Gasteiger charge is -2.42. The highest BCUT2D eigenvalue weighted by Gasteiger charge is 2.46. The zero-order chi connectivity index (χ0) is 16.9. The number of amides is 3. The number of likely N-dealkylation sites (tertiary alicyclic amines) is 1. The second-order valence-corrected chi connectivity index (χ2v) is 7.63. The third-order valence-electron chi connectivity index (χ3n) is 3.76. The van der Waals surface area contributed by atoms with Crippen LogP contribution in [0.15, 0.2) is 22.7 Å². The smallest absolute Gasteiger partial charge is 0.410 e. The van der Waals surface area contributed by atoms with Gasteiger partial charge in [-0.2, -0.15) is 0 Å². The summed E-state index contributed by atoms with van der Waals surface area (Å²) < 4.78 is 6.03. The van der Waals surface area contributed by atoms with Crippen LogP contribution in [-0.4, -0.2) is 52.4 Å². The molecule has 0 saturated carbocycles. The van der Waals surface area contributed by atoms with E-state index in [9.17, 15) is 14.4 Å². The maximum Gasteiger partial charge on any atom is 0.410 e. The van der Waals surface area contributed by atoms with Gasteiger partial charge in [-0.15, -0.1) is 0 Å². The Balaban J connectivity index is 1.69. The molecule has 3 amide bonds. The van der Waals surface area contributed by atoms with Crippen LogP contribution < -0.4 is 0 Å². The van der Waals surface area contributed by atoms with Crippen molar-refractivity contribution in [1.82, 2.24) is 9.80 Å². The maximum absolute atomic E-state index is 12.4. The van der Waals surface area contributed by atoms with Crippen LogP contribution >= 0.6 is 15.9 Å². The largest absolute Gasteiger partial charge is 0.444 e. The van der Waals surface area contributed by atoms with Gasteiger partial charge in [-0.1, -0.05) is 15.9 Å². The lowest BCUT2D eigenvalue weighted by Crippen LogP contribution is -2.62. The molecule has 1 aromatic carbocycles. The van der Waals surface area contributed by atoms with Crippen LogP contribution in [0.2, 0.25) is 0 Å². The van der Waals surface area contributed by atoms with E-state index in [0.29, 0.717) is 24.2 Å². The number of rotatable bonds is 1. The molecule has 1 aromatic rings. The molecule has 0 unspecified atom stereocenters. The molecule has 0 spiro atoms. The van der Waals surface area contributed by atoms with Gasteiger partial charge >= 0.3 is 6.09 Å². The van der Waals surface area contributed by atoms with Crippen molar-refractivity contribution >= 4 is 33.8 Å². The first-order valence-corrected chi connectivity index (χ1v) is 8.12. The number of ether oxygens (including phenoxy) is 1. The summed E-state index contributed by atoms with van der Waals surface area (Å²) in [5, 5.41) is 0. The fraction of sp³-hybridized carbons (Fsp3) is 0.438. The minimum Gasteiger partial charge on any atom is -0.444 e. The predicted octanol–water partition coefficient (Wildman–Crippen LogP) is 2.66. The van der Waals surface area contributed by atoms with Crippen molar-refractivity contribution in [3.63, 3.8) is 0 Å². The van der Waals surface area contributed by atoms with E-state index < -0.39 is 11.7 Å². The number of nitrogens with zero attached hydrogens (tertiary/aromatic N) is 2. The molecule has 0 aromatic heterocycles. The Morgan fingerprint density at radius 2 is 1.78 bits per heavy atom. The van der Waals surface area contributed by atoms with E-state index in [1.165, 1.54) is 9.80 Å². The van der Waals surface area contributed by atoms with E-state index in [1.807, 2.05) is 0 Å². The first-order valence-electron chi connectivity index (χ1n) is 7.33. The molecular weight excluding hydrogens is 364 g/mol. The summed E-state index contributed by atoms with van der Waals surface area (Å²) in [5.41, 5.74) is 0.248. The van der Waals surface area contributed by atoms with Gasteiger partial charge in [0.05, 0.1) is 17.2 Å². The fourth-order valence-electron chi connectivity index (χ4n) is 2.66. The molecule has 6 nitrogen and oxygen atoms in total. The predicted molar refractivity (Wildman–Crippen MR) is 86.2 cm³/mol. The minimum atomic E-state index is -0.566. The van der Waals surface area contributed by atoms with Crippen molar-refractivity contribution in [3.05, 3.63) is 33.8 Å². The van der Waals surface area contributed by atoms with Crippen molar-refractivity contribution in [2.24, 2.45) is 0 Å². The molecule has 0 radical (unpaired) electrons. The van der Waals surface area contributed by atoms with Gasteiger partial charge in [0.2, 0.25) is 0 Å². The summed E-state index contributed by atoms with van der Waals surface area (Å²) in [4.78, 5) is 39.5. The van der Waals surface area contributed by atoms with Crippen molar-refractivity contribution < 1.29 is 19.1 Å². The Morgan fingerprint density at radius 3 is 2.39 bits per heavy atom. The number of hydrogen-bond donors (Lipinski definition) is 0. The lowest BCUT2D eigenvalue weighted by atomic mass is 10.1. The Morgan fingerprint density at radius 1 is 1.17 bits per heavy atom. The average Bonchev–Trinajstić information content (AvgIpc) is 2.60. The van der Waals surface area contributed by atoms with Crippen molar-refractivity contribution in [2.45, 2.75) is 32.4 Å². The van der Waals surface area contributed by atoms with Gasteiger partial charge in [-0.25, -0.2) is 4.79 Å². The molecule has 2 aliphatic rings. The number of carbonyl (C=O) groups is 3. The molecule has 23 heavy (non-hydrogen) atoms. The van der Waals surface area contributed by atoms with Gasteiger partial charge in [0.1, 0.15) is 5.60 Å². The van der Waals surface area contributed by atoms with E-state index in [-0.39, 0.29) is 17.9 Å². The minimum absolute atomic E-state index is 0.298. The van der Waals surface area contributed by atoms with E-state index in [1.54, 1.807) is 39.0 Å². The summed E-state index contributed by atoms with van der Waals surface area (Å²) >= 11 is 3.31. The third kappa shape index (κ3) is 2.85. The Kier molecular flexibility index (Phi) is 3.71. The van der Waals surface area contributed by atoms with Crippen LogP contribution in [0.1, 0.15) is 41.5 Å². The molecule has 0 bridgehead atoms. The van der Waals surface area contributed by atoms with E-state index >= 15 is 0 Å². The molecule has 1 fully saturated rings. The number of hydrogen-bond acceptors (Lipinski definition) is 4. The molecule has 3 rings (SSSR count). The van der Waals surface area contributed by atoms with Gasteiger partial charge < -0.3 is 9.64 Å². The van der Waals surface area contributed by atoms with E-state index in [2.05, 4.69) is 15.9 Å². The normalized spacial score (nSPS) is 18.1. The summed E-state index contributed by atoms with van der Waals surface area (Å²) in [6.45, 7) is 6.00. The Labute approximate surface area is 142 Å². The summed E-state index contributed by atoms with van der Waals surface area (Å²) in [6, 6.07) is 4.74. The van der Waals surface area contributed by atoms with Gasteiger partial charge in [0, 0.05) is 17.6 Å². The van der Waals surface area contributed by atoms with Gasteiger partial charge in [-0.05, 0) is 39.0 Å². The zero-order valence-corrected chi connectivity index (χ0v) is 14.7. The zero-order valence-electron chi connectivity index (χ0n) is 13.1. The Hall–Kier alpha value is -1.89. The number of carbonyl (C=O) groups excluding carboxylic acids is 3. The van der Waals surface area contributed by atoms with Crippen LogP contribution in [0.5, 0.6) is 0 Å². The standard InChI is InChI=1S/C16H17BrN2O4/c1-16(2,3)23-15(22)18-7-10(8-18)19-13(20)11-5-4-9(17)6-12(11)14(19)21/h4-6,10H,7-8H2,1-3H3. The average molecular weight is 381 g/mol. The summed E-state index contributed by atoms with van der Waals surface area (Å²) in [7, 11) is 0. The first-order chi connectivity index (χ1) is 10.7. The van der Waals surface area contributed by atoms with Crippen molar-refractivity contribution in [2.75, 3.05) is 13.1 Å². The highest BCUT2D eigenvalue weighted by molar-refractivity contribution is 9.10. The lowest BCUT2D eigenvalue weighted by molar-refractivity contribution is -0.00969. The van der Waals surface area contributed by atoms with Gasteiger partial charge in [0.15, 0.2) is 0 Å². The van der Waals surface area contributed by atoms with Crippen LogP contribution in [-0.2, 0) is 4.74 Å². The maximum atomic E-state index is 12.4. The highest BCUT2D eigenvalue weighted by atomic mass is 79.9. The van der Waals surface area contributed by atoms with E-state index in [4.69, 9.17) is 4.74 Å². The second-order valence-electron chi connectivity index (χ2n) is 6.71. The molecule has 7 heteroatoms. The number of imide groups is 1. The van der Waals surface area contributed by atoms with Crippen molar-refractivity contribution in [3.8, 4) is 0 Å². The second kappa shape index (κ2) is 5.33. The highest BCUT2D eigenvalue weighted by Crippen LogP contribution is 2.30. The number of fused-ring (bicyclic) bond motifs is 1. The van der Waals surface area contributed by atoms with Crippen LogP contribution in [0.4, 0.5) is 4.79 Å². The third-order valence-corrected chi connectivity index (χ3v) is 4.25. The molecule has 122 valence electrons. The molecule has 0 N–H and O–H groups in total. The van der Waals surface area contributed by atoms with Crippen LogP contribution in [0.25, 0.3) is 0 Å². The molecule has 2 heterocycles. The van der Waals surface area contributed by atoms with Crippen LogP contribution in [0, 0.1) is 0 Å². The molecule has 0 atom stereocenters. The number of benzene rings is 1. The Bertz CT molecular complexity index is 705. The summed E-state index contributed by atoms with van der Waals surface area (Å²) in [6.07, 6.45) is -0.423. The van der Waals surface area contributed by atoms with E-state index in [0.717, 1.165) is 4.47 Å². The number of halogens is 1. The molecule has 1 saturated heterocycles. The van der Waals surface area contributed by atoms with Gasteiger partial charge in [0.25, 0.3) is 11.8 Å². The molecule has 2 aliphatic heterocycles.